The Morgan fingerprint density at radius 2 is 2.00 bits per heavy atom. The number of benzene rings is 1. The maximum atomic E-state index is 13.7. The lowest BCUT2D eigenvalue weighted by molar-refractivity contribution is -0.148. The Bertz CT molecular complexity index is 542. The normalized spacial score (nSPS) is 21.6. The third kappa shape index (κ3) is 2.53. The quantitative estimate of drug-likeness (QED) is 0.905. The standard InChI is InChI=1S/C15H18FNO3/c1-15(2)8-5-9-17(12(15)14(19)20)13(18)10-6-3-4-7-11(10)16/h3-4,6-7,12H,5,8-9H2,1-2H3,(H,19,20). The summed E-state index contributed by atoms with van der Waals surface area (Å²) in [5.41, 5.74) is -0.596. The van der Waals surface area contributed by atoms with E-state index < -0.39 is 29.2 Å². The number of likely N-dealkylation sites (tertiary alicyclic amines) is 1. The van der Waals surface area contributed by atoms with Crippen molar-refractivity contribution in [2.24, 2.45) is 5.41 Å². The molecular formula is C15H18FNO3. The topological polar surface area (TPSA) is 57.6 Å². The number of halogens is 1. The number of hydrogen-bond donors (Lipinski definition) is 1. The van der Waals surface area contributed by atoms with Crippen molar-refractivity contribution in [1.29, 1.82) is 0 Å². The summed E-state index contributed by atoms with van der Waals surface area (Å²) in [5, 5.41) is 9.42. The second kappa shape index (κ2) is 5.23. The van der Waals surface area contributed by atoms with E-state index in [0.29, 0.717) is 6.54 Å². The number of piperidine rings is 1. The molecule has 4 nitrogen and oxygen atoms in total. The van der Waals surface area contributed by atoms with Crippen molar-refractivity contribution in [1.82, 2.24) is 4.90 Å². The fraction of sp³-hybridized carbons (Fsp3) is 0.467. The number of carboxylic acid groups (broad SMARTS) is 1. The molecule has 1 aliphatic heterocycles. The highest BCUT2D eigenvalue weighted by Gasteiger charge is 2.44. The molecule has 1 aromatic rings. The number of rotatable bonds is 2. The van der Waals surface area contributed by atoms with E-state index >= 15 is 0 Å². The summed E-state index contributed by atoms with van der Waals surface area (Å²) in [6.07, 6.45) is 1.45. The van der Waals surface area contributed by atoms with Crippen LogP contribution >= 0.6 is 0 Å². The van der Waals surface area contributed by atoms with E-state index in [1.807, 2.05) is 13.8 Å². The van der Waals surface area contributed by atoms with Gasteiger partial charge in [-0.05, 0) is 30.4 Å². The molecule has 1 fully saturated rings. The Labute approximate surface area is 117 Å². The van der Waals surface area contributed by atoms with E-state index in [-0.39, 0.29) is 5.56 Å². The lowest BCUT2D eigenvalue weighted by Crippen LogP contribution is -2.56. The summed E-state index contributed by atoms with van der Waals surface area (Å²) in [4.78, 5) is 25.2. The summed E-state index contributed by atoms with van der Waals surface area (Å²) >= 11 is 0. The van der Waals surface area contributed by atoms with E-state index in [0.717, 1.165) is 12.8 Å². The molecule has 1 saturated heterocycles. The van der Waals surface area contributed by atoms with Gasteiger partial charge in [-0.3, -0.25) is 4.79 Å². The molecular weight excluding hydrogens is 261 g/mol. The van der Waals surface area contributed by atoms with Gasteiger partial charge in [0.25, 0.3) is 5.91 Å². The lowest BCUT2D eigenvalue weighted by Gasteiger charge is -2.44. The zero-order valence-electron chi connectivity index (χ0n) is 11.6. The molecule has 1 unspecified atom stereocenters. The number of amides is 1. The number of carbonyl (C=O) groups excluding carboxylic acids is 1. The van der Waals surface area contributed by atoms with Crippen LogP contribution in [0, 0.1) is 11.2 Å². The van der Waals surface area contributed by atoms with E-state index in [4.69, 9.17) is 0 Å². The number of carboxylic acids is 1. The molecule has 1 atom stereocenters. The van der Waals surface area contributed by atoms with Crippen molar-refractivity contribution in [3.05, 3.63) is 35.6 Å². The monoisotopic (exact) mass is 279 g/mol. The van der Waals surface area contributed by atoms with Crippen LogP contribution in [0.1, 0.15) is 37.0 Å². The highest BCUT2D eigenvalue weighted by Crippen LogP contribution is 2.36. The summed E-state index contributed by atoms with van der Waals surface area (Å²) in [6, 6.07) is 4.74. The van der Waals surface area contributed by atoms with Crippen LogP contribution in [-0.2, 0) is 4.79 Å². The number of hydrogen-bond acceptors (Lipinski definition) is 2. The van der Waals surface area contributed by atoms with Crippen LogP contribution in [0.3, 0.4) is 0 Å². The van der Waals surface area contributed by atoms with E-state index in [1.54, 1.807) is 6.07 Å². The molecule has 1 amide bonds. The summed E-state index contributed by atoms with van der Waals surface area (Å²) in [5.74, 6) is -2.22. The van der Waals surface area contributed by atoms with Gasteiger partial charge in [0.1, 0.15) is 11.9 Å². The van der Waals surface area contributed by atoms with E-state index in [1.165, 1.54) is 23.1 Å². The molecule has 0 spiro atoms. The van der Waals surface area contributed by atoms with Crippen LogP contribution in [0.4, 0.5) is 4.39 Å². The Kier molecular flexibility index (Phi) is 3.79. The molecule has 5 heteroatoms. The molecule has 0 radical (unpaired) electrons. The molecule has 0 aliphatic carbocycles. The fourth-order valence-corrected chi connectivity index (χ4v) is 2.87. The molecule has 1 aromatic carbocycles. The van der Waals surface area contributed by atoms with E-state index in [9.17, 15) is 19.1 Å². The first-order valence-electron chi connectivity index (χ1n) is 6.63. The molecule has 0 bridgehead atoms. The maximum Gasteiger partial charge on any atom is 0.326 e. The zero-order valence-corrected chi connectivity index (χ0v) is 11.6. The minimum Gasteiger partial charge on any atom is -0.480 e. The van der Waals surface area contributed by atoms with Crippen molar-refractivity contribution in [2.75, 3.05) is 6.54 Å². The van der Waals surface area contributed by atoms with Gasteiger partial charge in [0.15, 0.2) is 0 Å². The third-order valence-electron chi connectivity index (χ3n) is 3.87. The SMILES string of the molecule is CC1(C)CCCN(C(=O)c2ccccc2F)C1C(=O)O. The fourth-order valence-electron chi connectivity index (χ4n) is 2.87. The van der Waals surface area contributed by atoms with Gasteiger partial charge in [-0.1, -0.05) is 26.0 Å². The van der Waals surface area contributed by atoms with Crippen molar-refractivity contribution in [2.45, 2.75) is 32.7 Å². The molecule has 1 N–H and O–H groups in total. The van der Waals surface area contributed by atoms with Crippen molar-refractivity contribution < 1.29 is 19.1 Å². The van der Waals surface area contributed by atoms with Crippen LogP contribution in [0.5, 0.6) is 0 Å². The third-order valence-corrected chi connectivity index (χ3v) is 3.87. The van der Waals surface area contributed by atoms with E-state index in [2.05, 4.69) is 0 Å². The molecule has 108 valence electrons. The second-order valence-corrected chi connectivity index (χ2v) is 5.81. The van der Waals surface area contributed by atoms with Gasteiger partial charge >= 0.3 is 5.97 Å². The predicted molar refractivity (Wildman–Crippen MR) is 71.9 cm³/mol. The average molecular weight is 279 g/mol. The molecule has 0 aromatic heterocycles. The Hall–Kier alpha value is -1.91. The minimum absolute atomic E-state index is 0.0727. The maximum absolute atomic E-state index is 13.7. The largest absolute Gasteiger partial charge is 0.480 e. The Morgan fingerprint density at radius 1 is 1.35 bits per heavy atom. The highest BCUT2D eigenvalue weighted by molar-refractivity contribution is 5.97. The first kappa shape index (κ1) is 14.5. The molecule has 1 heterocycles. The molecule has 20 heavy (non-hydrogen) atoms. The van der Waals surface area contributed by atoms with Gasteiger partial charge in [0, 0.05) is 6.54 Å². The molecule has 0 saturated carbocycles. The predicted octanol–water partition coefficient (Wildman–Crippen LogP) is 2.54. The van der Waals surface area contributed by atoms with Gasteiger partial charge in [-0.15, -0.1) is 0 Å². The lowest BCUT2D eigenvalue weighted by atomic mass is 9.76. The molecule has 1 aliphatic rings. The zero-order chi connectivity index (χ0) is 14.9. The first-order chi connectivity index (χ1) is 9.34. The van der Waals surface area contributed by atoms with Crippen LogP contribution < -0.4 is 0 Å². The van der Waals surface area contributed by atoms with Crippen LogP contribution in [0.25, 0.3) is 0 Å². The van der Waals surface area contributed by atoms with Gasteiger partial charge in [-0.2, -0.15) is 0 Å². The van der Waals surface area contributed by atoms with Crippen LogP contribution in [0.15, 0.2) is 24.3 Å². The Morgan fingerprint density at radius 3 is 2.60 bits per heavy atom. The first-order valence-corrected chi connectivity index (χ1v) is 6.63. The number of aliphatic carboxylic acids is 1. The minimum atomic E-state index is -1.04. The number of nitrogens with zero attached hydrogens (tertiary/aromatic N) is 1. The average Bonchev–Trinajstić information content (AvgIpc) is 2.36. The summed E-state index contributed by atoms with van der Waals surface area (Å²) in [6.45, 7) is 3.99. The Balaban J connectivity index is 2.37. The summed E-state index contributed by atoms with van der Waals surface area (Å²) in [7, 11) is 0. The van der Waals surface area contributed by atoms with Gasteiger partial charge in [0.2, 0.25) is 0 Å². The van der Waals surface area contributed by atoms with Crippen molar-refractivity contribution in [3.63, 3.8) is 0 Å². The van der Waals surface area contributed by atoms with Gasteiger partial charge in [0.05, 0.1) is 5.56 Å². The molecule has 2 rings (SSSR count). The van der Waals surface area contributed by atoms with Crippen molar-refractivity contribution in [3.8, 4) is 0 Å². The highest BCUT2D eigenvalue weighted by atomic mass is 19.1. The van der Waals surface area contributed by atoms with Crippen LogP contribution in [0.2, 0.25) is 0 Å². The van der Waals surface area contributed by atoms with Crippen molar-refractivity contribution >= 4 is 11.9 Å². The van der Waals surface area contributed by atoms with Gasteiger partial charge < -0.3 is 10.0 Å². The van der Waals surface area contributed by atoms with Crippen LogP contribution in [-0.4, -0.2) is 34.5 Å². The summed E-state index contributed by atoms with van der Waals surface area (Å²) < 4.78 is 13.7. The van der Waals surface area contributed by atoms with Gasteiger partial charge in [-0.25, -0.2) is 9.18 Å². The second-order valence-electron chi connectivity index (χ2n) is 5.81. The smallest absolute Gasteiger partial charge is 0.326 e. The number of carbonyl (C=O) groups is 2.